The number of fused-ring (bicyclic) bond motifs is 1. The summed E-state index contributed by atoms with van der Waals surface area (Å²) in [4.78, 5) is 26.3. The van der Waals surface area contributed by atoms with Crippen LogP contribution in [-0.2, 0) is 0 Å². The zero-order chi connectivity index (χ0) is 18.8. The molecule has 0 spiro atoms. The first kappa shape index (κ1) is 18.1. The van der Waals surface area contributed by atoms with E-state index in [4.69, 9.17) is 5.11 Å². The predicted molar refractivity (Wildman–Crippen MR) is 97.1 cm³/mol. The second kappa shape index (κ2) is 7.27. The quantitative estimate of drug-likeness (QED) is 0.743. The Bertz CT molecular complexity index is 915. The Morgan fingerprint density at radius 1 is 1.23 bits per heavy atom. The lowest BCUT2D eigenvalue weighted by Gasteiger charge is -2.26. The van der Waals surface area contributed by atoms with Crippen molar-refractivity contribution in [1.82, 2.24) is 4.98 Å². The van der Waals surface area contributed by atoms with E-state index in [2.05, 4.69) is 16.9 Å². The molecule has 138 valence electrons. The molecule has 1 aromatic carbocycles. The average Bonchev–Trinajstić information content (AvgIpc) is 2.61. The molecular formula is C19H20F2N2O3. The lowest BCUT2D eigenvalue weighted by atomic mass is 9.94. The van der Waals surface area contributed by atoms with Crippen LogP contribution in [0, 0.1) is 0 Å². The van der Waals surface area contributed by atoms with Crippen LogP contribution in [0.4, 0.5) is 14.5 Å². The van der Waals surface area contributed by atoms with Gasteiger partial charge in [-0.3, -0.25) is 4.79 Å². The van der Waals surface area contributed by atoms with Crippen molar-refractivity contribution in [3.05, 3.63) is 46.3 Å². The van der Waals surface area contributed by atoms with Crippen LogP contribution in [0.15, 0.2) is 29.7 Å². The monoisotopic (exact) mass is 362 g/mol. The number of nitrogens with one attached hydrogen (secondary N) is 2. The summed E-state index contributed by atoms with van der Waals surface area (Å²) in [5, 5.41) is 12.4. The molecule has 1 aromatic heterocycles. The summed E-state index contributed by atoms with van der Waals surface area (Å²) < 4.78 is 26.5. The lowest BCUT2D eigenvalue weighted by Crippen LogP contribution is -2.23. The third-order valence-electron chi connectivity index (χ3n) is 4.82. The molecule has 2 aromatic rings. The van der Waals surface area contributed by atoms with Gasteiger partial charge in [0.2, 0.25) is 5.43 Å². The number of alkyl halides is 2. The highest BCUT2D eigenvalue weighted by Crippen LogP contribution is 2.32. The molecular weight excluding hydrogens is 342 g/mol. The molecule has 1 aliphatic rings. The van der Waals surface area contributed by atoms with Crippen LogP contribution in [0.2, 0.25) is 0 Å². The van der Waals surface area contributed by atoms with Crippen molar-refractivity contribution in [2.45, 2.75) is 44.6 Å². The molecule has 26 heavy (non-hydrogen) atoms. The Morgan fingerprint density at radius 3 is 2.54 bits per heavy atom. The molecule has 1 fully saturated rings. The minimum atomic E-state index is -2.78. The molecule has 0 aliphatic heterocycles. The number of allylic oxidation sites excluding steroid dienone is 1. The van der Waals surface area contributed by atoms with E-state index in [0.717, 1.165) is 38.3 Å². The molecule has 1 saturated carbocycles. The minimum absolute atomic E-state index is 0.0518. The smallest absolute Gasteiger partial charge is 0.341 e. The number of carboxylic acids is 1. The third kappa shape index (κ3) is 3.47. The molecule has 1 aliphatic carbocycles. The van der Waals surface area contributed by atoms with Crippen molar-refractivity contribution in [3.8, 4) is 0 Å². The van der Waals surface area contributed by atoms with E-state index in [-0.39, 0.29) is 17.0 Å². The van der Waals surface area contributed by atoms with Crippen molar-refractivity contribution in [2.75, 3.05) is 5.32 Å². The molecule has 3 N–H and O–H groups in total. The van der Waals surface area contributed by atoms with E-state index in [1.54, 1.807) is 6.07 Å². The molecule has 0 amide bonds. The van der Waals surface area contributed by atoms with Gasteiger partial charge in [-0.1, -0.05) is 25.8 Å². The zero-order valence-corrected chi connectivity index (χ0v) is 14.1. The number of hydrogen-bond acceptors (Lipinski definition) is 3. The summed E-state index contributed by atoms with van der Waals surface area (Å²) in [5.74, 6) is -1.37. The van der Waals surface area contributed by atoms with E-state index in [9.17, 15) is 18.4 Å². The molecule has 0 unspecified atom stereocenters. The van der Waals surface area contributed by atoms with Gasteiger partial charge in [-0.05, 0) is 25.0 Å². The second-order valence-corrected chi connectivity index (χ2v) is 6.59. The molecule has 0 atom stereocenters. The van der Waals surface area contributed by atoms with Crippen molar-refractivity contribution >= 4 is 28.1 Å². The molecule has 0 saturated heterocycles. The number of hydrogen-bond donors (Lipinski definition) is 3. The lowest BCUT2D eigenvalue weighted by molar-refractivity contribution is 0.0695. The number of rotatable bonds is 5. The van der Waals surface area contributed by atoms with Crippen LogP contribution in [0.3, 0.4) is 0 Å². The number of halogens is 2. The molecule has 3 rings (SSSR count). The number of pyridine rings is 1. The molecule has 7 heteroatoms. The van der Waals surface area contributed by atoms with Gasteiger partial charge in [-0.15, -0.1) is 0 Å². The second-order valence-electron chi connectivity index (χ2n) is 6.59. The first-order valence-electron chi connectivity index (χ1n) is 8.55. The summed E-state index contributed by atoms with van der Waals surface area (Å²) in [6.07, 6.45) is 3.57. The summed E-state index contributed by atoms with van der Waals surface area (Å²) in [6.45, 7) is 3.45. The highest BCUT2D eigenvalue weighted by molar-refractivity contribution is 5.95. The fourth-order valence-corrected chi connectivity index (χ4v) is 3.40. The predicted octanol–water partition coefficient (Wildman–Crippen LogP) is 4.25. The van der Waals surface area contributed by atoms with Crippen molar-refractivity contribution in [3.63, 3.8) is 0 Å². The number of aromatic nitrogens is 1. The van der Waals surface area contributed by atoms with E-state index >= 15 is 0 Å². The number of H-pyrrole nitrogens is 1. The number of aromatic amines is 1. The van der Waals surface area contributed by atoms with Gasteiger partial charge < -0.3 is 15.4 Å². The van der Waals surface area contributed by atoms with Crippen LogP contribution in [0.5, 0.6) is 0 Å². The number of benzene rings is 1. The van der Waals surface area contributed by atoms with E-state index in [1.165, 1.54) is 6.07 Å². The van der Waals surface area contributed by atoms with Crippen LogP contribution in [0.25, 0.3) is 16.5 Å². The number of carbonyl (C=O) groups is 1. The summed E-state index contributed by atoms with van der Waals surface area (Å²) in [5.41, 5.74) is -0.521. The highest BCUT2D eigenvalue weighted by atomic mass is 19.3. The molecule has 0 bridgehead atoms. The largest absolute Gasteiger partial charge is 0.477 e. The minimum Gasteiger partial charge on any atom is -0.477 e. The summed E-state index contributed by atoms with van der Waals surface area (Å²) in [6, 6.07) is 3.07. The first-order chi connectivity index (χ1) is 12.4. The standard InChI is InChI=1S/C19H20F2N2O3/c1-10(18(20)21)12-7-13-15(22-9-14(17(13)24)19(25)26)8-16(12)23-11-5-3-2-4-6-11/h7-9,11,18,23H,1-6H2,(H,22,24)(H,25,26). The Labute approximate surface area is 148 Å². The summed E-state index contributed by atoms with van der Waals surface area (Å²) in [7, 11) is 0. The maximum absolute atomic E-state index is 13.3. The number of anilines is 1. The summed E-state index contributed by atoms with van der Waals surface area (Å²) >= 11 is 0. The number of aromatic carboxylic acids is 1. The van der Waals surface area contributed by atoms with Crippen molar-refractivity contribution < 1.29 is 18.7 Å². The Balaban J connectivity index is 2.13. The maximum Gasteiger partial charge on any atom is 0.341 e. The number of carboxylic acid groups (broad SMARTS) is 1. The fourth-order valence-electron chi connectivity index (χ4n) is 3.40. The normalized spacial score (nSPS) is 15.3. The Hall–Kier alpha value is -2.70. The van der Waals surface area contributed by atoms with Gasteiger partial charge in [0.15, 0.2) is 0 Å². The van der Waals surface area contributed by atoms with Gasteiger partial charge >= 0.3 is 5.97 Å². The van der Waals surface area contributed by atoms with Gasteiger partial charge in [0.25, 0.3) is 6.43 Å². The third-order valence-corrected chi connectivity index (χ3v) is 4.82. The van der Waals surface area contributed by atoms with Gasteiger partial charge in [-0.2, -0.15) is 0 Å². The van der Waals surface area contributed by atoms with E-state index in [0.29, 0.717) is 11.2 Å². The maximum atomic E-state index is 13.3. The Morgan fingerprint density at radius 2 is 1.92 bits per heavy atom. The first-order valence-corrected chi connectivity index (χ1v) is 8.55. The van der Waals surface area contributed by atoms with Gasteiger partial charge in [0, 0.05) is 34.4 Å². The fraction of sp³-hybridized carbons (Fsp3) is 0.368. The zero-order valence-electron chi connectivity index (χ0n) is 14.1. The van der Waals surface area contributed by atoms with Gasteiger partial charge in [-0.25, -0.2) is 13.6 Å². The van der Waals surface area contributed by atoms with Gasteiger partial charge in [0.05, 0.1) is 5.52 Å². The SMILES string of the molecule is C=C(c1cc2c(=O)c(C(=O)O)c[nH]c2cc1NC1CCCCC1)C(F)F. The average molecular weight is 362 g/mol. The van der Waals surface area contributed by atoms with Crippen LogP contribution in [0.1, 0.15) is 48.0 Å². The van der Waals surface area contributed by atoms with Crippen molar-refractivity contribution in [2.24, 2.45) is 0 Å². The Kier molecular flexibility index (Phi) is 5.06. The topological polar surface area (TPSA) is 82.2 Å². The molecule has 0 radical (unpaired) electrons. The van der Waals surface area contributed by atoms with Crippen molar-refractivity contribution in [1.29, 1.82) is 0 Å². The van der Waals surface area contributed by atoms with E-state index < -0.39 is 29.0 Å². The molecule has 1 heterocycles. The van der Waals surface area contributed by atoms with Crippen LogP contribution in [-0.4, -0.2) is 28.5 Å². The van der Waals surface area contributed by atoms with Crippen LogP contribution >= 0.6 is 0 Å². The van der Waals surface area contributed by atoms with E-state index in [1.807, 2.05) is 0 Å². The molecule has 5 nitrogen and oxygen atoms in total. The van der Waals surface area contributed by atoms with Gasteiger partial charge in [0.1, 0.15) is 5.56 Å². The highest BCUT2D eigenvalue weighted by Gasteiger charge is 2.21. The van der Waals surface area contributed by atoms with Crippen LogP contribution < -0.4 is 10.7 Å².